The van der Waals surface area contributed by atoms with E-state index in [-0.39, 0.29) is 40.6 Å². The highest BCUT2D eigenvalue weighted by Crippen LogP contribution is 2.32. The van der Waals surface area contributed by atoms with E-state index in [1.807, 2.05) is 11.8 Å². The highest BCUT2D eigenvalue weighted by atomic mass is 32.1. The van der Waals surface area contributed by atoms with Crippen LogP contribution in [0, 0.1) is 12.7 Å². The maximum absolute atomic E-state index is 13.2. The summed E-state index contributed by atoms with van der Waals surface area (Å²) in [4.78, 5) is 41.6. The maximum Gasteiger partial charge on any atom is 0.294 e. The third kappa shape index (κ3) is 3.94. The molecule has 34 heavy (non-hydrogen) atoms. The summed E-state index contributed by atoms with van der Waals surface area (Å²) in [5.41, 5.74) is 0.715. The zero-order valence-electron chi connectivity index (χ0n) is 18.8. The largest absolute Gasteiger partial charge is 0.348 e. The number of rotatable bonds is 5. The summed E-state index contributed by atoms with van der Waals surface area (Å²) in [7, 11) is 1.58. The third-order valence-electron chi connectivity index (χ3n) is 5.88. The lowest BCUT2D eigenvalue weighted by atomic mass is 10.1. The van der Waals surface area contributed by atoms with Crippen LogP contribution >= 0.6 is 11.3 Å². The Morgan fingerprint density at radius 2 is 2.03 bits per heavy atom. The number of aromatic nitrogens is 5. The van der Waals surface area contributed by atoms with Crippen molar-refractivity contribution < 1.29 is 13.7 Å². The topological polar surface area (TPSA) is 119 Å². The molecular formula is C22H22FN7O3S. The van der Waals surface area contributed by atoms with Crippen LogP contribution in [0.2, 0.25) is 0 Å². The van der Waals surface area contributed by atoms with Crippen LogP contribution in [0.4, 0.5) is 9.52 Å². The molecule has 2 atom stereocenters. The fourth-order valence-electron chi connectivity index (χ4n) is 4.06. The first-order valence-electron chi connectivity index (χ1n) is 10.8. The van der Waals surface area contributed by atoms with Gasteiger partial charge in [0.25, 0.3) is 11.4 Å². The zero-order valence-corrected chi connectivity index (χ0v) is 19.6. The van der Waals surface area contributed by atoms with Crippen LogP contribution in [0.15, 0.2) is 33.6 Å². The number of nitrogens with zero attached hydrogens (tertiary/aromatic N) is 6. The second-order valence-corrected chi connectivity index (χ2v) is 9.19. The van der Waals surface area contributed by atoms with Gasteiger partial charge in [-0.25, -0.2) is 14.4 Å². The molecule has 1 aliphatic heterocycles. The summed E-state index contributed by atoms with van der Waals surface area (Å²) >= 11 is 1.25. The number of aryl methyl sites for hydroxylation is 1. The first-order valence-corrected chi connectivity index (χ1v) is 11.6. The van der Waals surface area contributed by atoms with Gasteiger partial charge in [0.05, 0.1) is 6.04 Å². The number of benzene rings is 1. The van der Waals surface area contributed by atoms with Crippen molar-refractivity contribution in [3.05, 3.63) is 51.8 Å². The summed E-state index contributed by atoms with van der Waals surface area (Å²) in [6.45, 7) is 4.18. The number of anilines is 1. The summed E-state index contributed by atoms with van der Waals surface area (Å²) in [5.74, 6) is 0.392. The van der Waals surface area contributed by atoms with E-state index >= 15 is 0 Å². The van der Waals surface area contributed by atoms with E-state index in [1.54, 1.807) is 26.1 Å². The predicted molar refractivity (Wildman–Crippen MR) is 124 cm³/mol. The van der Waals surface area contributed by atoms with E-state index in [4.69, 9.17) is 4.52 Å². The molecule has 1 N–H and O–H groups in total. The van der Waals surface area contributed by atoms with E-state index < -0.39 is 6.04 Å². The Morgan fingerprint density at radius 1 is 1.26 bits per heavy atom. The fraction of sp³-hybridized carbons (Fsp3) is 0.364. The quantitative estimate of drug-likeness (QED) is 0.460. The minimum absolute atomic E-state index is 0.142. The summed E-state index contributed by atoms with van der Waals surface area (Å²) in [6.07, 6.45) is 1.48. The average molecular weight is 484 g/mol. The lowest BCUT2D eigenvalue weighted by molar-refractivity contribution is -0.122. The second kappa shape index (κ2) is 8.60. The molecule has 0 saturated carbocycles. The molecule has 0 radical (unpaired) electrons. The Kier molecular flexibility index (Phi) is 5.60. The minimum atomic E-state index is -0.426. The molecule has 5 rings (SSSR count). The number of halogens is 1. The smallest absolute Gasteiger partial charge is 0.294 e. The third-order valence-corrected chi connectivity index (χ3v) is 6.87. The number of hydrogen-bond acceptors (Lipinski definition) is 9. The van der Waals surface area contributed by atoms with Crippen LogP contribution < -0.4 is 15.8 Å². The second-order valence-electron chi connectivity index (χ2n) is 8.23. The van der Waals surface area contributed by atoms with Gasteiger partial charge in [0.1, 0.15) is 11.9 Å². The Bertz CT molecular complexity index is 1430. The average Bonchev–Trinajstić information content (AvgIpc) is 3.55. The molecule has 0 aliphatic carbocycles. The molecular weight excluding hydrogens is 461 g/mol. The van der Waals surface area contributed by atoms with Gasteiger partial charge in [0.2, 0.25) is 11.7 Å². The van der Waals surface area contributed by atoms with Crippen molar-refractivity contribution in [3.63, 3.8) is 0 Å². The molecule has 12 heteroatoms. The zero-order chi connectivity index (χ0) is 24.0. The van der Waals surface area contributed by atoms with Crippen LogP contribution in [-0.4, -0.2) is 43.2 Å². The van der Waals surface area contributed by atoms with Crippen LogP contribution in [0.1, 0.15) is 37.2 Å². The van der Waals surface area contributed by atoms with E-state index in [1.165, 1.54) is 28.0 Å². The van der Waals surface area contributed by atoms with Crippen molar-refractivity contribution >= 4 is 32.7 Å². The van der Waals surface area contributed by atoms with Gasteiger partial charge in [-0.2, -0.15) is 4.98 Å². The van der Waals surface area contributed by atoms with Crippen LogP contribution in [0.3, 0.4) is 0 Å². The molecule has 3 aromatic heterocycles. The van der Waals surface area contributed by atoms with Gasteiger partial charge in [0.15, 0.2) is 21.3 Å². The van der Waals surface area contributed by atoms with Crippen LogP contribution in [0.25, 0.3) is 22.1 Å². The molecule has 4 aromatic rings. The number of fused-ring (bicyclic) bond motifs is 1. The van der Waals surface area contributed by atoms with Crippen molar-refractivity contribution in [2.75, 3.05) is 11.4 Å². The number of amides is 1. The van der Waals surface area contributed by atoms with E-state index in [0.29, 0.717) is 28.8 Å². The SMILES string of the molecule is Cc1noc(-c2nc3sc(N4CCCC4C(=O)N[C@H](C)c4ccc(F)cc4)nc3c(=O)n2C)n1. The predicted octanol–water partition coefficient (Wildman–Crippen LogP) is 2.73. The highest BCUT2D eigenvalue weighted by molar-refractivity contribution is 7.21. The molecule has 176 valence electrons. The maximum atomic E-state index is 13.2. The van der Waals surface area contributed by atoms with Crippen molar-refractivity contribution in [1.29, 1.82) is 0 Å². The molecule has 0 bridgehead atoms. The molecule has 1 aliphatic rings. The highest BCUT2D eigenvalue weighted by Gasteiger charge is 2.34. The molecule has 1 amide bonds. The van der Waals surface area contributed by atoms with Gasteiger partial charge in [-0.3, -0.25) is 14.2 Å². The van der Waals surface area contributed by atoms with Crippen LogP contribution in [0.5, 0.6) is 0 Å². The molecule has 1 aromatic carbocycles. The summed E-state index contributed by atoms with van der Waals surface area (Å²) in [6, 6.07) is 5.36. The Labute approximate surface area is 197 Å². The minimum Gasteiger partial charge on any atom is -0.348 e. The van der Waals surface area contributed by atoms with Gasteiger partial charge in [-0.05, 0) is 44.4 Å². The van der Waals surface area contributed by atoms with Gasteiger partial charge in [-0.15, -0.1) is 0 Å². The van der Waals surface area contributed by atoms with Gasteiger partial charge in [0, 0.05) is 13.6 Å². The standard InChI is InChI=1S/C22H22FN7O3S/c1-11(13-6-8-14(23)9-7-13)24-18(31)15-5-4-10-30(15)22-26-16-20(34-22)27-17(29(3)21(16)32)19-25-12(2)28-33-19/h6-9,11,15H,4-5,10H2,1-3H3,(H,24,31)/t11-,15?/m1/s1. The first-order chi connectivity index (χ1) is 16.3. The van der Waals surface area contributed by atoms with Gasteiger partial charge >= 0.3 is 0 Å². The fourth-order valence-corrected chi connectivity index (χ4v) is 5.06. The number of hydrogen-bond donors (Lipinski definition) is 1. The van der Waals surface area contributed by atoms with Crippen LogP contribution in [-0.2, 0) is 11.8 Å². The van der Waals surface area contributed by atoms with Crippen molar-refractivity contribution in [2.45, 2.75) is 38.8 Å². The number of thiazole rings is 1. The summed E-state index contributed by atoms with van der Waals surface area (Å²) in [5, 5.41) is 7.34. The van der Waals surface area contributed by atoms with Gasteiger partial charge in [-0.1, -0.05) is 28.6 Å². The monoisotopic (exact) mass is 483 g/mol. The number of carbonyl (C=O) groups is 1. The lowest BCUT2D eigenvalue weighted by Gasteiger charge is -2.25. The lowest BCUT2D eigenvalue weighted by Crippen LogP contribution is -2.44. The van der Waals surface area contributed by atoms with Crippen molar-refractivity contribution in [1.82, 2.24) is 30.0 Å². The number of carbonyl (C=O) groups excluding carboxylic acids is 1. The van der Waals surface area contributed by atoms with Gasteiger partial charge < -0.3 is 14.7 Å². The number of nitrogens with one attached hydrogen (secondary N) is 1. The molecule has 1 fully saturated rings. The molecule has 1 unspecified atom stereocenters. The van der Waals surface area contributed by atoms with E-state index in [9.17, 15) is 14.0 Å². The Morgan fingerprint density at radius 3 is 2.74 bits per heavy atom. The van der Waals surface area contributed by atoms with Crippen molar-refractivity contribution in [3.8, 4) is 11.7 Å². The Balaban J connectivity index is 1.42. The Hall–Kier alpha value is -3.67. The normalized spacial score (nSPS) is 16.8. The molecule has 10 nitrogen and oxygen atoms in total. The van der Waals surface area contributed by atoms with E-state index in [0.717, 1.165) is 12.0 Å². The molecule has 4 heterocycles. The van der Waals surface area contributed by atoms with Crippen molar-refractivity contribution in [2.24, 2.45) is 7.05 Å². The molecule has 1 saturated heterocycles. The van der Waals surface area contributed by atoms with E-state index in [2.05, 4.69) is 25.4 Å². The summed E-state index contributed by atoms with van der Waals surface area (Å²) < 4.78 is 19.7. The molecule has 0 spiro atoms. The first kappa shape index (κ1) is 22.1.